The maximum Gasteiger partial charge on any atom is 0.243 e. The number of hydrogen-bond donors (Lipinski definition) is 1. The van der Waals surface area contributed by atoms with Gasteiger partial charge >= 0.3 is 0 Å². The fraction of sp³-hybridized carbons (Fsp3) is 0.700. The van der Waals surface area contributed by atoms with Gasteiger partial charge in [0.05, 0.1) is 16.8 Å². The monoisotopic (exact) mass is 228 g/mol. The number of alkyl halides is 1. The molecule has 4 nitrogen and oxygen atoms in total. The normalized spacial score (nSPS) is 12.9. The second-order valence-corrected chi connectivity index (χ2v) is 4.51. The second kappa shape index (κ2) is 5.26. The van der Waals surface area contributed by atoms with Crippen molar-refractivity contribution in [3.63, 3.8) is 0 Å². The molecule has 0 aliphatic heterocycles. The van der Waals surface area contributed by atoms with E-state index in [-0.39, 0.29) is 5.38 Å². The first-order valence-corrected chi connectivity index (χ1v) is 5.50. The van der Waals surface area contributed by atoms with E-state index in [1.165, 1.54) is 0 Å². The van der Waals surface area contributed by atoms with E-state index >= 15 is 0 Å². The van der Waals surface area contributed by atoms with Gasteiger partial charge in [0, 0.05) is 6.54 Å². The largest absolute Gasteiger partial charge is 0.351 e. The Morgan fingerprint density at radius 1 is 1.20 bits per heavy atom. The highest BCUT2D eigenvalue weighted by atomic mass is 35.5. The third-order valence-corrected chi connectivity index (χ3v) is 2.93. The Kier molecular flexibility index (Phi) is 4.27. The van der Waals surface area contributed by atoms with Crippen LogP contribution in [0, 0.1) is 19.8 Å². The number of anilines is 1. The Hall–Kier alpha value is -0.900. The Morgan fingerprint density at radius 2 is 1.87 bits per heavy atom. The highest BCUT2D eigenvalue weighted by molar-refractivity contribution is 6.21. The van der Waals surface area contributed by atoms with Crippen molar-refractivity contribution in [2.45, 2.75) is 33.1 Å². The molecule has 0 bridgehead atoms. The number of rotatable bonds is 4. The van der Waals surface area contributed by atoms with Crippen molar-refractivity contribution in [3.05, 3.63) is 11.4 Å². The molecule has 0 amide bonds. The van der Waals surface area contributed by atoms with E-state index in [4.69, 9.17) is 11.6 Å². The molecule has 1 atom stereocenters. The quantitative estimate of drug-likeness (QED) is 0.803. The first-order valence-electron chi connectivity index (χ1n) is 5.06. The van der Waals surface area contributed by atoms with Gasteiger partial charge in [0.15, 0.2) is 0 Å². The molecule has 1 N–H and O–H groups in total. The zero-order chi connectivity index (χ0) is 11.4. The van der Waals surface area contributed by atoms with Gasteiger partial charge in [-0.2, -0.15) is 5.10 Å². The van der Waals surface area contributed by atoms with Crippen molar-refractivity contribution >= 4 is 17.5 Å². The number of aromatic nitrogens is 3. The Morgan fingerprint density at radius 3 is 2.40 bits per heavy atom. The molecule has 0 spiro atoms. The van der Waals surface area contributed by atoms with Crippen molar-refractivity contribution < 1.29 is 0 Å². The van der Waals surface area contributed by atoms with Gasteiger partial charge in [-0.1, -0.05) is 13.8 Å². The minimum atomic E-state index is 0.0789. The molecule has 1 heterocycles. The zero-order valence-corrected chi connectivity index (χ0v) is 10.3. The number of nitrogens with zero attached hydrogens (tertiary/aromatic N) is 3. The molecule has 0 fully saturated rings. The third-order valence-electron chi connectivity index (χ3n) is 2.27. The minimum Gasteiger partial charge on any atom is -0.351 e. The maximum atomic E-state index is 6.10. The van der Waals surface area contributed by atoms with E-state index in [2.05, 4.69) is 34.3 Å². The van der Waals surface area contributed by atoms with Crippen LogP contribution < -0.4 is 5.32 Å². The summed E-state index contributed by atoms with van der Waals surface area (Å²) in [7, 11) is 0. The SMILES string of the molecule is Cc1nnc(NCC(Cl)C(C)C)nc1C. The van der Waals surface area contributed by atoms with Crippen molar-refractivity contribution in [2.75, 3.05) is 11.9 Å². The summed E-state index contributed by atoms with van der Waals surface area (Å²) in [6.45, 7) is 8.62. The predicted molar refractivity (Wildman–Crippen MR) is 62.3 cm³/mol. The van der Waals surface area contributed by atoms with E-state index < -0.39 is 0 Å². The number of nitrogens with one attached hydrogen (secondary N) is 1. The molecule has 1 rings (SSSR count). The lowest BCUT2D eigenvalue weighted by atomic mass is 10.1. The molecule has 84 valence electrons. The summed E-state index contributed by atoms with van der Waals surface area (Å²) in [6, 6.07) is 0. The fourth-order valence-corrected chi connectivity index (χ4v) is 1.03. The summed E-state index contributed by atoms with van der Waals surface area (Å²) in [5.41, 5.74) is 1.75. The molecule has 15 heavy (non-hydrogen) atoms. The van der Waals surface area contributed by atoms with Crippen LogP contribution in [0.5, 0.6) is 0 Å². The van der Waals surface area contributed by atoms with E-state index in [1.54, 1.807) is 0 Å². The summed E-state index contributed by atoms with van der Waals surface area (Å²) in [5, 5.41) is 11.1. The van der Waals surface area contributed by atoms with Crippen LogP contribution in [0.1, 0.15) is 25.2 Å². The van der Waals surface area contributed by atoms with Crippen LogP contribution in [0.2, 0.25) is 0 Å². The van der Waals surface area contributed by atoms with Crippen molar-refractivity contribution in [1.82, 2.24) is 15.2 Å². The summed E-state index contributed by atoms with van der Waals surface area (Å²) in [6.07, 6.45) is 0. The fourth-order valence-electron chi connectivity index (χ4n) is 0.956. The van der Waals surface area contributed by atoms with E-state index in [1.807, 2.05) is 13.8 Å². The first kappa shape index (κ1) is 12.2. The van der Waals surface area contributed by atoms with Gasteiger partial charge in [0.25, 0.3) is 0 Å². The van der Waals surface area contributed by atoms with E-state index in [9.17, 15) is 0 Å². The average molecular weight is 229 g/mol. The maximum absolute atomic E-state index is 6.10. The Bertz CT molecular complexity index is 327. The molecule has 0 saturated carbocycles. The molecule has 1 unspecified atom stereocenters. The molecule has 0 aromatic carbocycles. The van der Waals surface area contributed by atoms with Gasteiger partial charge in [0.2, 0.25) is 5.95 Å². The van der Waals surface area contributed by atoms with Crippen LogP contribution in [0.3, 0.4) is 0 Å². The van der Waals surface area contributed by atoms with Crippen molar-refractivity contribution in [3.8, 4) is 0 Å². The molecule has 1 aromatic heterocycles. The Balaban J connectivity index is 2.55. The summed E-state index contributed by atoms with van der Waals surface area (Å²) in [5.74, 6) is 0.975. The lowest BCUT2D eigenvalue weighted by Crippen LogP contribution is -2.21. The number of hydrogen-bond acceptors (Lipinski definition) is 4. The van der Waals surface area contributed by atoms with E-state index in [0.29, 0.717) is 18.4 Å². The van der Waals surface area contributed by atoms with Crippen LogP contribution in [-0.4, -0.2) is 27.1 Å². The molecule has 0 aliphatic carbocycles. The van der Waals surface area contributed by atoms with Crippen LogP contribution in [0.4, 0.5) is 5.95 Å². The highest BCUT2D eigenvalue weighted by Gasteiger charge is 2.10. The average Bonchev–Trinajstić information content (AvgIpc) is 2.19. The topological polar surface area (TPSA) is 50.7 Å². The molecular formula is C10H17ClN4. The third kappa shape index (κ3) is 3.63. The smallest absolute Gasteiger partial charge is 0.243 e. The van der Waals surface area contributed by atoms with Gasteiger partial charge in [-0.3, -0.25) is 0 Å². The summed E-state index contributed by atoms with van der Waals surface area (Å²) >= 11 is 6.10. The Labute approximate surface area is 95.5 Å². The molecule has 0 saturated heterocycles. The van der Waals surface area contributed by atoms with Crippen LogP contribution in [0.15, 0.2) is 0 Å². The van der Waals surface area contributed by atoms with Crippen molar-refractivity contribution in [2.24, 2.45) is 5.92 Å². The zero-order valence-electron chi connectivity index (χ0n) is 9.58. The van der Waals surface area contributed by atoms with Crippen LogP contribution >= 0.6 is 11.6 Å². The molecule has 5 heteroatoms. The van der Waals surface area contributed by atoms with Crippen LogP contribution in [-0.2, 0) is 0 Å². The minimum absolute atomic E-state index is 0.0789. The first-order chi connectivity index (χ1) is 7.00. The molecular weight excluding hydrogens is 212 g/mol. The van der Waals surface area contributed by atoms with Gasteiger partial charge in [-0.25, -0.2) is 4.98 Å². The standard InChI is InChI=1S/C10H17ClN4/c1-6(2)9(11)5-12-10-13-7(3)8(4)14-15-10/h6,9H,5H2,1-4H3,(H,12,13,15). The number of aryl methyl sites for hydroxylation is 2. The van der Waals surface area contributed by atoms with Crippen LogP contribution in [0.25, 0.3) is 0 Å². The number of halogens is 1. The van der Waals surface area contributed by atoms with Gasteiger partial charge in [-0.15, -0.1) is 16.7 Å². The molecule has 0 aliphatic rings. The lowest BCUT2D eigenvalue weighted by Gasteiger charge is -2.13. The predicted octanol–water partition coefficient (Wildman–Crippen LogP) is 2.16. The summed E-state index contributed by atoms with van der Waals surface area (Å²) in [4.78, 5) is 4.26. The molecule has 0 radical (unpaired) electrons. The van der Waals surface area contributed by atoms with Gasteiger partial charge in [0.1, 0.15) is 0 Å². The van der Waals surface area contributed by atoms with Crippen molar-refractivity contribution in [1.29, 1.82) is 0 Å². The second-order valence-electron chi connectivity index (χ2n) is 3.95. The highest BCUT2D eigenvalue weighted by Crippen LogP contribution is 2.10. The molecule has 1 aromatic rings. The van der Waals surface area contributed by atoms with E-state index in [0.717, 1.165) is 11.4 Å². The van der Waals surface area contributed by atoms with Gasteiger partial charge in [-0.05, 0) is 19.8 Å². The lowest BCUT2D eigenvalue weighted by molar-refractivity contribution is 0.614. The summed E-state index contributed by atoms with van der Waals surface area (Å²) < 4.78 is 0. The van der Waals surface area contributed by atoms with Gasteiger partial charge < -0.3 is 5.32 Å².